The molecule has 0 radical (unpaired) electrons. The van der Waals surface area contributed by atoms with Crippen molar-refractivity contribution in [3.8, 4) is 22.9 Å². The van der Waals surface area contributed by atoms with Gasteiger partial charge in [-0.05, 0) is 25.6 Å². The molecule has 0 amide bonds. The largest absolute Gasteiger partial charge is 0.586 e. The van der Waals surface area contributed by atoms with Crippen molar-refractivity contribution in [1.82, 2.24) is 14.9 Å². The molecule has 0 aliphatic carbocycles. The Morgan fingerprint density at radius 3 is 2.78 bits per heavy atom. The lowest BCUT2D eigenvalue weighted by Gasteiger charge is -2.35. The molecule has 3 N–H and O–H groups in total. The highest BCUT2D eigenvalue weighted by molar-refractivity contribution is 5.98. The van der Waals surface area contributed by atoms with E-state index in [4.69, 9.17) is 15.2 Å². The highest BCUT2D eigenvalue weighted by Crippen LogP contribution is 2.49. The number of nitrogens with two attached hydrogens (primary N) is 1. The van der Waals surface area contributed by atoms with Crippen molar-refractivity contribution in [1.29, 1.82) is 0 Å². The van der Waals surface area contributed by atoms with E-state index in [2.05, 4.69) is 19.8 Å². The minimum Gasteiger partial charge on any atom is -0.457 e. The number of benzene rings is 1. The molecular weight excluding hydrogens is 494 g/mol. The number of cyclic esters (lactones) is 1. The fourth-order valence-corrected chi connectivity index (χ4v) is 5.09. The van der Waals surface area contributed by atoms with E-state index in [1.165, 1.54) is 10.6 Å². The smallest absolute Gasteiger partial charge is 0.457 e. The normalized spacial score (nSPS) is 20.3. The van der Waals surface area contributed by atoms with Gasteiger partial charge in [0.1, 0.15) is 6.61 Å². The summed E-state index contributed by atoms with van der Waals surface area (Å²) in [6, 6.07) is 4.54. The molecule has 1 atom stereocenters. The standard InChI is InChI=1S/C24H20F2N4O7/c1-3-23(36-17(31)7-28-2)13-5-15-19-10(8-30(15)21(32)12(13)9-34-22(23)33)4-11-14(29-19)6-16-20(18(11)27)37-24(25,26)35-16/h4-6,28H,3,7-9,27H2,1-2H3. The number of fused-ring (bicyclic) bond motifs is 6. The lowest BCUT2D eigenvalue weighted by molar-refractivity contribution is -0.286. The van der Waals surface area contributed by atoms with E-state index in [1.54, 1.807) is 26.1 Å². The van der Waals surface area contributed by atoms with Gasteiger partial charge in [0.15, 0.2) is 11.5 Å². The molecule has 11 nitrogen and oxygen atoms in total. The molecule has 6 rings (SSSR count). The third-order valence-electron chi connectivity index (χ3n) is 6.80. The number of nitrogens with zero attached hydrogens (tertiary/aromatic N) is 2. The Hall–Kier alpha value is -4.26. The summed E-state index contributed by atoms with van der Waals surface area (Å²) in [5, 5.41) is 3.02. The first-order valence-corrected chi connectivity index (χ1v) is 11.4. The first kappa shape index (κ1) is 23.2. The number of pyridine rings is 2. The number of halogens is 2. The van der Waals surface area contributed by atoms with Crippen molar-refractivity contribution in [3.63, 3.8) is 0 Å². The molecule has 1 unspecified atom stereocenters. The van der Waals surface area contributed by atoms with Crippen molar-refractivity contribution >= 4 is 28.5 Å². The summed E-state index contributed by atoms with van der Waals surface area (Å²) in [5.74, 6) is -2.01. The van der Waals surface area contributed by atoms with Crippen molar-refractivity contribution in [2.24, 2.45) is 0 Å². The summed E-state index contributed by atoms with van der Waals surface area (Å²) >= 11 is 0. The third-order valence-corrected chi connectivity index (χ3v) is 6.80. The van der Waals surface area contributed by atoms with Gasteiger partial charge in [-0.3, -0.25) is 9.59 Å². The Labute approximate surface area is 207 Å². The Morgan fingerprint density at radius 2 is 2.05 bits per heavy atom. The Kier molecular flexibility index (Phi) is 4.77. The minimum atomic E-state index is -3.85. The van der Waals surface area contributed by atoms with Gasteiger partial charge in [0.05, 0.1) is 41.2 Å². The topological polar surface area (TPSA) is 144 Å². The molecule has 3 aromatic rings. The molecule has 0 spiro atoms. The zero-order chi connectivity index (χ0) is 26.3. The van der Waals surface area contributed by atoms with Crippen molar-refractivity contribution in [2.45, 2.75) is 38.4 Å². The number of likely N-dealkylation sites (N-methyl/N-ethyl adjacent to an activating group) is 1. The van der Waals surface area contributed by atoms with E-state index in [-0.39, 0.29) is 59.9 Å². The average molecular weight is 514 g/mol. The predicted molar refractivity (Wildman–Crippen MR) is 123 cm³/mol. The molecule has 2 aromatic heterocycles. The van der Waals surface area contributed by atoms with Gasteiger partial charge in [0.2, 0.25) is 5.60 Å². The number of anilines is 1. The first-order chi connectivity index (χ1) is 17.6. The van der Waals surface area contributed by atoms with Gasteiger partial charge >= 0.3 is 18.2 Å². The molecule has 3 aliphatic heterocycles. The highest BCUT2D eigenvalue weighted by atomic mass is 19.3. The van der Waals surface area contributed by atoms with Crippen LogP contribution in [0.25, 0.3) is 22.3 Å². The number of rotatable bonds is 4. The fraction of sp³-hybridized carbons (Fsp3) is 0.333. The number of ether oxygens (including phenoxy) is 4. The molecule has 0 bridgehead atoms. The molecule has 0 saturated heterocycles. The predicted octanol–water partition coefficient (Wildman–Crippen LogP) is 1.75. The number of esters is 2. The van der Waals surface area contributed by atoms with Crippen LogP contribution in [0.15, 0.2) is 23.0 Å². The number of nitrogen functional groups attached to an aromatic ring is 1. The second kappa shape index (κ2) is 7.62. The number of aromatic nitrogens is 2. The quantitative estimate of drug-likeness (QED) is 0.305. The lowest BCUT2D eigenvalue weighted by atomic mass is 9.85. The van der Waals surface area contributed by atoms with E-state index >= 15 is 0 Å². The second-order valence-corrected chi connectivity index (χ2v) is 8.92. The number of nitrogens with one attached hydrogen (secondary N) is 1. The molecule has 3 aliphatic rings. The van der Waals surface area contributed by atoms with E-state index in [0.717, 1.165) is 0 Å². The molecule has 0 fully saturated rings. The summed E-state index contributed by atoms with van der Waals surface area (Å²) < 4.78 is 48.7. The second-order valence-electron chi connectivity index (χ2n) is 8.92. The van der Waals surface area contributed by atoms with Crippen LogP contribution < -0.4 is 26.1 Å². The molecule has 37 heavy (non-hydrogen) atoms. The van der Waals surface area contributed by atoms with E-state index in [0.29, 0.717) is 22.3 Å². The number of hydrogen-bond donors (Lipinski definition) is 2. The third kappa shape index (κ3) is 3.19. The summed E-state index contributed by atoms with van der Waals surface area (Å²) in [5.41, 5.74) is 5.85. The maximum Gasteiger partial charge on any atom is 0.586 e. The number of hydrogen-bond acceptors (Lipinski definition) is 10. The highest BCUT2D eigenvalue weighted by Gasteiger charge is 2.50. The molecule has 1 aromatic carbocycles. The van der Waals surface area contributed by atoms with E-state index in [1.807, 2.05) is 0 Å². The van der Waals surface area contributed by atoms with Crippen LogP contribution in [0.4, 0.5) is 14.5 Å². The van der Waals surface area contributed by atoms with Crippen LogP contribution in [-0.2, 0) is 37.8 Å². The molecule has 13 heteroatoms. The zero-order valence-electron chi connectivity index (χ0n) is 19.6. The minimum absolute atomic E-state index is 0.0312. The molecule has 192 valence electrons. The first-order valence-electron chi connectivity index (χ1n) is 11.4. The number of carbonyl (C=O) groups is 2. The molecule has 5 heterocycles. The summed E-state index contributed by atoms with van der Waals surface area (Å²) in [6.07, 6.45) is -3.82. The number of carbonyl (C=O) groups excluding carboxylic acids is 2. The van der Waals surface area contributed by atoms with E-state index in [9.17, 15) is 23.2 Å². The van der Waals surface area contributed by atoms with Gasteiger partial charge < -0.3 is 34.6 Å². The van der Waals surface area contributed by atoms with Crippen LogP contribution in [0.1, 0.15) is 30.0 Å². The Morgan fingerprint density at radius 1 is 1.27 bits per heavy atom. The van der Waals surface area contributed by atoms with Gasteiger partial charge in [-0.15, -0.1) is 8.78 Å². The monoisotopic (exact) mass is 514 g/mol. The maximum atomic E-state index is 13.6. The molecule has 0 saturated carbocycles. The fourth-order valence-electron chi connectivity index (χ4n) is 5.09. The van der Waals surface area contributed by atoms with Crippen molar-refractivity contribution in [2.75, 3.05) is 19.3 Å². The van der Waals surface area contributed by atoms with Crippen LogP contribution >= 0.6 is 0 Å². The van der Waals surface area contributed by atoms with Crippen LogP contribution in [-0.4, -0.2) is 41.4 Å². The van der Waals surface area contributed by atoms with Crippen LogP contribution in [0.5, 0.6) is 11.5 Å². The Bertz CT molecular complexity index is 1600. The van der Waals surface area contributed by atoms with Crippen molar-refractivity contribution < 1.29 is 37.3 Å². The summed E-state index contributed by atoms with van der Waals surface area (Å²) in [4.78, 5) is 43.5. The van der Waals surface area contributed by atoms with Crippen LogP contribution in [0.2, 0.25) is 0 Å². The maximum absolute atomic E-state index is 13.6. The lowest BCUT2D eigenvalue weighted by Crippen LogP contribution is -2.48. The summed E-state index contributed by atoms with van der Waals surface area (Å²) in [7, 11) is 1.56. The van der Waals surface area contributed by atoms with Gasteiger partial charge in [0.25, 0.3) is 5.56 Å². The Balaban J connectivity index is 1.54. The van der Waals surface area contributed by atoms with Gasteiger partial charge in [-0.2, -0.15) is 0 Å². The van der Waals surface area contributed by atoms with E-state index < -0.39 is 29.4 Å². The van der Waals surface area contributed by atoms with Crippen LogP contribution in [0.3, 0.4) is 0 Å². The van der Waals surface area contributed by atoms with Crippen LogP contribution in [0, 0.1) is 0 Å². The van der Waals surface area contributed by atoms with Crippen molar-refractivity contribution in [3.05, 3.63) is 45.2 Å². The zero-order valence-corrected chi connectivity index (χ0v) is 19.6. The molecular formula is C24H20F2N4O7. The van der Waals surface area contributed by atoms with Gasteiger partial charge in [0, 0.05) is 22.6 Å². The van der Waals surface area contributed by atoms with Gasteiger partial charge in [-0.1, -0.05) is 6.92 Å². The average Bonchev–Trinajstić information content (AvgIpc) is 3.36. The number of alkyl halides is 2. The SMILES string of the molecule is CCC1(OC(=O)CNC)C(=O)OCc2c1cc1n(c2=O)Cc2cc3c(N)c4c(cc3nc2-1)OC(F)(F)O4. The summed E-state index contributed by atoms with van der Waals surface area (Å²) in [6.45, 7) is 1.35. The van der Waals surface area contributed by atoms with Gasteiger partial charge in [-0.25, -0.2) is 9.78 Å².